The summed E-state index contributed by atoms with van der Waals surface area (Å²) in [6, 6.07) is 14.0. The van der Waals surface area contributed by atoms with Crippen LogP contribution in [0.2, 0.25) is 0 Å². The first-order valence-corrected chi connectivity index (χ1v) is 9.39. The van der Waals surface area contributed by atoms with Gasteiger partial charge in [-0.05, 0) is 37.1 Å². The predicted octanol–water partition coefficient (Wildman–Crippen LogP) is 2.68. The first kappa shape index (κ1) is 17.5. The summed E-state index contributed by atoms with van der Waals surface area (Å²) in [5.41, 5.74) is 3.44. The average molecular weight is 364 g/mol. The topological polar surface area (TPSA) is 74.2 Å². The van der Waals surface area contributed by atoms with Crippen molar-refractivity contribution in [1.29, 1.82) is 0 Å². The second-order valence-corrected chi connectivity index (χ2v) is 6.90. The number of nitrogens with one attached hydrogen (secondary N) is 2. The summed E-state index contributed by atoms with van der Waals surface area (Å²) in [7, 11) is 0. The van der Waals surface area contributed by atoms with Crippen LogP contribution in [0.1, 0.15) is 29.1 Å². The summed E-state index contributed by atoms with van der Waals surface area (Å²) in [5, 5.41) is 3.00. The lowest BCUT2D eigenvalue weighted by Gasteiger charge is -2.34. The Hall–Kier alpha value is -2.86. The Morgan fingerprint density at radius 1 is 1.26 bits per heavy atom. The monoisotopic (exact) mass is 364 g/mol. The summed E-state index contributed by atoms with van der Waals surface area (Å²) in [4.78, 5) is 22.7. The lowest BCUT2D eigenvalue weighted by molar-refractivity contribution is -0.127. The summed E-state index contributed by atoms with van der Waals surface area (Å²) in [6.07, 6.45) is 5.99. The third-order valence-electron chi connectivity index (χ3n) is 5.07. The zero-order valence-corrected chi connectivity index (χ0v) is 15.2. The van der Waals surface area contributed by atoms with Gasteiger partial charge < -0.3 is 14.7 Å². The molecule has 0 bridgehead atoms. The van der Waals surface area contributed by atoms with Crippen molar-refractivity contribution in [3.63, 3.8) is 0 Å². The second kappa shape index (κ2) is 8.22. The minimum atomic E-state index is -0.202. The van der Waals surface area contributed by atoms with Crippen LogP contribution < -0.4 is 5.32 Å². The van der Waals surface area contributed by atoms with Crippen molar-refractivity contribution in [2.45, 2.75) is 38.4 Å². The molecule has 6 heteroatoms. The number of imidazole rings is 1. The van der Waals surface area contributed by atoms with Gasteiger partial charge in [0.15, 0.2) is 0 Å². The van der Waals surface area contributed by atoms with Crippen molar-refractivity contribution in [3.8, 4) is 0 Å². The molecule has 0 spiro atoms. The molecule has 0 radical (unpaired) electrons. The zero-order chi connectivity index (χ0) is 18.5. The van der Waals surface area contributed by atoms with Gasteiger partial charge in [-0.3, -0.25) is 9.69 Å². The van der Waals surface area contributed by atoms with E-state index < -0.39 is 0 Å². The third kappa shape index (κ3) is 4.28. The number of fused-ring (bicyclic) bond motifs is 1. The van der Waals surface area contributed by atoms with Crippen LogP contribution in [0.3, 0.4) is 0 Å². The number of amides is 1. The van der Waals surface area contributed by atoms with Crippen molar-refractivity contribution in [3.05, 3.63) is 77.8 Å². The molecule has 1 aliphatic rings. The molecule has 1 amide bonds. The van der Waals surface area contributed by atoms with E-state index in [1.165, 1.54) is 5.56 Å². The fraction of sp³-hybridized carbons (Fsp3) is 0.333. The molecule has 3 heterocycles. The smallest absolute Gasteiger partial charge is 0.238 e. The Morgan fingerprint density at radius 3 is 2.96 bits per heavy atom. The number of hydrogen-bond acceptors (Lipinski definition) is 4. The summed E-state index contributed by atoms with van der Waals surface area (Å²) in [5.74, 6) is 0.787. The lowest BCUT2D eigenvalue weighted by Crippen LogP contribution is -2.50. The number of furan rings is 1. The van der Waals surface area contributed by atoms with Gasteiger partial charge in [0, 0.05) is 13.0 Å². The highest BCUT2D eigenvalue weighted by molar-refractivity contribution is 5.82. The number of carbonyl (C=O) groups excluding carboxylic acids is 1. The minimum Gasteiger partial charge on any atom is -0.467 e. The molecule has 4 rings (SSSR count). The van der Waals surface area contributed by atoms with E-state index in [1.54, 1.807) is 12.6 Å². The fourth-order valence-corrected chi connectivity index (χ4v) is 3.62. The van der Waals surface area contributed by atoms with Crippen LogP contribution in [-0.2, 0) is 30.7 Å². The van der Waals surface area contributed by atoms with Crippen LogP contribution in [0.5, 0.6) is 0 Å². The molecule has 0 unspecified atom stereocenters. The maximum Gasteiger partial charge on any atom is 0.238 e. The highest BCUT2D eigenvalue weighted by Gasteiger charge is 2.32. The van der Waals surface area contributed by atoms with Crippen molar-refractivity contribution in [1.82, 2.24) is 20.2 Å². The second-order valence-electron chi connectivity index (χ2n) is 6.90. The molecule has 0 saturated carbocycles. The summed E-state index contributed by atoms with van der Waals surface area (Å²) in [6.45, 7) is 2.00. The van der Waals surface area contributed by atoms with Crippen LogP contribution in [0, 0.1) is 0 Å². The molecule has 6 nitrogen and oxygen atoms in total. The molecule has 27 heavy (non-hydrogen) atoms. The van der Waals surface area contributed by atoms with E-state index >= 15 is 0 Å². The molecule has 0 aliphatic carbocycles. The lowest BCUT2D eigenvalue weighted by atomic mass is 10.0. The Balaban J connectivity index is 1.39. The third-order valence-corrected chi connectivity index (χ3v) is 5.07. The van der Waals surface area contributed by atoms with Gasteiger partial charge in [0.25, 0.3) is 0 Å². The molecule has 2 aromatic heterocycles. The van der Waals surface area contributed by atoms with Crippen LogP contribution in [0.25, 0.3) is 0 Å². The Bertz CT molecular complexity index is 857. The average Bonchev–Trinajstić information content (AvgIpc) is 3.37. The van der Waals surface area contributed by atoms with Crippen LogP contribution in [-0.4, -0.2) is 33.4 Å². The number of aryl methyl sites for hydroxylation is 1. The van der Waals surface area contributed by atoms with Gasteiger partial charge in [0.05, 0.1) is 36.6 Å². The predicted molar refractivity (Wildman–Crippen MR) is 102 cm³/mol. The van der Waals surface area contributed by atoms with Crippen LogP contribution in [0.4, 0.5) is 0 Å². The Morgan fingerprint density at radius 2 is 2.15 bits per heavy atom. The Labute approximate surface area is 158 Å². The Kier molecular flexibility index (Phi) is 5.34. The van der Waals surface area contributed by atoms with E-state index in [0.717, 1.165) is 43.1 Å². The first-order valence-electron chi connectivity index (χ1n) is 9.39. The van der Waals surface area contributed by atoms with Crippen LogP contribution in [0.15, 0.2) is 59.5 Å². The fourth-order valence-electron chi connectivity index (χ4n) is 3.62. The van der Waals surface area contributed by atoms with E-state index in [2.05, 4.69) is 44.5 Å². The standard InChI is InChI=1S/C21H24N4O2/c26-21(22-13-17-9-5-11-27-17)20-12-18-19(24-15-23-18)14-25(20)10-4-8-16-6-2-1-3-7-16/h1-3,5-7,9,11,15,20H,4,8,10,12-14H2,(H,22,26)(H,23,24)/t20-/m0/s1. The van der Waals surface area contributed by atoms with E-state index in [0.29, 0.717) is 13.0 Å². The van der Waals surface area contributed by atoms with E-state index in [-0.39, 0.29) is 11.9 Å². The van der Waals surface area contributed by atoms with E-state index in [1.807, 2.05) is 18.2 Å². The summed E-state index contributed by atoms with van der Waals surface area (Å²) >= 11 is 0. The number of rotatable bonds is 7. The molecule has 140 valence electrons. The number of H-pyrrole nitrogens is 1. The number of aromatic amines is 1. The van der Waals surface area contributed by atoms with Crippen molar-refractivity contribution in [2.24, 2.45) is 0 Å². The van der Waals surface area contributed by atoms with Gasteiger partial charge in [0.2, 0.25) is 5.91 Å². The zero-order valence-electron chi connectivity index (χ0n) is 15.2. The van der Waals surface area contributed by atoms with Crippen LogP contribution >= 0.6 is 0 Å². The van der Waals surface area contributed by atoms with Gasteiger partial charge in [0.1, 0.15) is 5.76 Å². The molecule has 2 N–H and O–H groups in total. The number of carbonyl (C=O) groups is 1. The largest absolute Gasteiger partial charge is 0.467 e. The quantitative estimate of drug-likeness (QED) is 0.676. The van der Waals surface area contributed by atoms with Crippen molar-refractivity contribution in [2.75, 3.05) is 6.54 Å². The number of benzene rings is 1. The normalized spacial score (nSPS) is 16.8. The SMILES string of the molecule is O=C(NCc1ccco1)[C@@H]1Cc2nc[nH]c2CN1CCCc1ccccc1. The molecule has 1 atom stereocenters. The molecule has 3 aromatic rings. The van der Waals surface area contributed by atoms with Gasteiger partial charge in [-0.2, -0.15) is 0 Å². The molecular weight excluding hydrogens is 340 g/mol. The minimum absolute atomic E-state index is 0.0276. The molecule has 1 aromatic carbocycles. The van der Waals surface area contributed by atoms with Gasteiger partial charge >= 0.3 is 0 Å². The molecular formula is C21H24N4O2. The highest BCUT2D eigenvalue weighted by atomic mass is 16.3. The van der Waals surface area contributed by atoms with E-state index in [9.17, 15) is 4.79 Å². The summed E-state index contributed by atoms with van der Waals surface area (Å²) < 4.78 is 5.31. The molecule has 0 saturated heterocycles. The number of nitrogens with zero attached hydrogens (tertiary/aromatic N) is 2. The maximum absolute atomic E-state index is 12.8. The molecule has 0 fully saturated rings. The number of aromatic nitrogens is 2. The molecule has 1 aliphatic heterocycles. The highest BCUT2D eigenvalue weighted by Crippen LogP contribution is 2.21. The van der Waals surface area contributed by atoms with Crippen molar-refractivity contribution < 1.29 is 9.21 Å². The first-order chi connectivity index (χ1) is 13.3. The van der Waals surface area contributed by atoms with Gasteiger partial charge in [-0.1, -0.05) is 30.3 Å². The number of hydrogen-bond donors (Lipinski definition) is 2. The van der Waals surface area contributed by atoms with Gasteiger partial charge in [-0.15, -0.1) is 0 Å². The van der Waals surface area contributed by atoms with Gasteiger partial charge in [-0.25, -0.2) is 4.98 Å². The van der Waals surface area contributed by atoms with E-state index in [4.69, 9.17) is 4.42 Å². The van der Waals surface area contributed by atoms with Crippen molar-refractivity contribution >= 4 is 5.91 Å². The maximum atomic E-state index is 12.8.